The predicted molar refractivity (Wildman–Crippen MR) is 258 cm³/mol. The van der Waals surface area contributed by atoms with Crippen LogP contribution in [0.25, 0.3) is 111 Å². The van der Waals surface area contributed by atoms with Gasteiger partial charge in [-0.3, -0.25) is 0 Å². The fourth-order valence-corrected chi connectivity index (χ4v) is 9.22. The Morgan fingerprint density at radius 2 is 0.758 bits per heavy atom. The fourth-order valence-electron chi connectivity index (χ4n) is 9.22. The molecular formula is C58H38N4. The Morgan fingerprint density at radius 3 is 1.42 bits per heavy atom. The van der Waals surface area contributed by atoms with Gasteiger partial charge in [0.15, 0.2) is 5.82 Å². The summed E-state index contributed by atoms with van der Waals surface area (Å²) in [5, 5.41) is 4.95. The van der Waals surface area contributed by atoms with Gasteiger partial charge in [-0.2, -0.15) is 0 Å². The van der Waals surface area contributed by atoms with Crippen LogP contribution in [0.1, 0.15) is 0 Å². The molecule has 290 valence electrons. The van der Waals surface area contributed by atoms with Gasteiger partial charge in [0, 0.05) is 55.2 Å². The molecule has 0 spiro atoms. The van der Waals surface area contributed by atoms with E-state index in [0.717, 1.165) is 50.6 Å². The molecule has 12 aromatic rings. The number of benzene rings is 9. The predicted octanol–water partition coefficient (Wildman–Crippen LogP) is 15.0. The van der Waals surface area contributed by atoms with Crippen molar-refractivity contribution in [2.24, 2.45) is 0 Å². The molecule has 4 nitrogen and oxygen atoms in total. The van der Waals surface area contributed by atoms with Crippen molar-refractivity contribution in [3.63, 3.8) is 0 Å². The maximum absolute atomic E-state index is 5.05. The summed E-state index contributed by atoms with van der Waals surface area (Å²) in [5.74, 6) is 0.705. The lowest BCUT2D eigenvalue weighted by molar-refractivity contribution is 1.17. The monoisotopic (exact) mass is 790 g/mol. The molecule has 0 unspecified atom stereocenters. The molecule has 0 fully saturated rings. The number of fused-ring (bicyclic) bond motifs is 6. The molecule has 12 rings (SSSR count). The van der Waals surface area contributed by atoms with Gasteiger partial charge in [0.2, 0.25) is 0 Å². The maximum atomic E-state index is 5.05. The number of aromatic nitrogens is 4. The Bertz CT molecular complexity index is 3530. The minimum absolute atomic E-state index is 0.705. The molecule has 0 bridgehead atoms. The topological polar surface area (TPSA) is 35.6 Å². The van der Waals surface area contributed by atoms with Crippen LogP contribution in [0, 0.1) is 0 Å². The Balaban J connectivity index is 0.916. The summed E-state index contributed by atoms with van der Waals surface area (Å²) in [6.45, 7) is 0. The van der Waals surface area contributed by atoms with Gasteiger partial charge in [0.25, 0.3) is 0 Å². The Hall–Kier alpha value is -8.34. The summed E-state index contributed by atoms with van der Waals surface area (Å²) in [7, 11) is 0. The van der Waals surface area contributed by atoms with Crippen LogP contribution in [0.3, 0.4) is 0 Å². The molecular weight excluding hydrogens is 753 g/mol. The van der Waals surface area contributed by atoms with Crippen LogP contribution in [0.4, 0.5) is 0 Å². The van der Waals surface area contributed by atoms with Crippen molar-refractivity contribution in [2.75, 3.05) is 0 Å². The molecule has 4 heteroatoms. The van der Waals surface area contributed by atoms with Gasteiger partial charge in [-0.15, -0.1) is 0 Å². The quantitative estimate of drug-likeness (QED) is 0.161. The normalized spacial score (nSPS) is 11.5. The fraction of sp³-hybridized carbons (Fsp3) is 0. The molecule has 0 saturated carbocycles. The Labute approximate surface area is 359 Å². The van der Waals surface area contributed by atoms with Crippen molar-refractivity contribution in [3.05, 3.63) is 231 Å². The average Bonchev–Trinajstić information content (AvgIpc) is 3.88. The summed E-state index contributed by atoms with van der Waals surface area (Å²) < 4.78 is 4.80. The molecule has 0 N–H and O–H groups in total. The summed E-state index contributed by atoms with van der Waals surface area (Å²) in [6, 6.07) is 82.1. The molecule has 3 aromatic heterocycles. The van der Waals surface area contributed by atoms with Gasteiger partial charge in [0.1, 0.15) is 0 Å². The Morgan fingerprint density at radius 1 is 0.274 bits per heavy atom. The first-order valence-electron chi connectivity index (χ1n) is 21.1. The molecule has 3 heterocycles. The standard InChI is InChI=1S/C58H38N4/c1-4-15-41(16-5-1)52-38-53(42-17-6-2-7-18-42)60-58(59-52)43-29-27-39(28-30-43)44-33-36-56-51(37-44)49-22-11-12-25-54(49)61(56)46-34-31-40(32-35-46)47-23-14-24-50-48-21-10-13-26-55(48)62(57(47)50)45-19-8-3-9-20-45/h1-38H. The van der Waals surface area contributed by atoms with Gasteiger partial charge < -0.3 is 9.13 Å². The van der Waals surface area contributed by atoms with E-state index in [-0.39, 0.29) is 0 Å². The molecule has 0 amide bonds. The highest BCUT2D eigenvalue weighted by Gasteiger charge is 2.18. The minimum Gasteiger partial charge on any atom is -0.309 e. The van der Waals surface area contributed by atoms with Gasteiger partial charge in [-0.25, -0.2) is 9.97 Å². The van der Waals surface area contributed by atoms with E-state index in [4.69, 9.17) is 9.97 Å². The lowest BCUT2D eigenvalue weighted by Crippen LogP contribution is -1.96. The summed E-state index contributed by atoms with van der Waals surface area (Å²) in [4.78, 5) is 10.1. The lowest BCUT2D eigenvalue weighted by Gasteiger charge is -2.13. The third kappa shape index (κ3) is 6.00. The number of nitrogens with zero attached hydrogens (tertiary/aromatic N) is 4. The van der Waals surface area contributed by atoms with Crippen LogP contribution in [-0.4, -0.2) is 19.1 Å². The van der Waals surface area contributed by atoms with E-state index < -0.39 is 0 Å². The summed E-state index contributed by atoms with van der Waals surface area (Å²) in [5.41, 5.74) is 16.7. The number of rotatable bonds is 7. The third-order valence-electron chi connectivity index (χ3n) is 12.2. The van der Waals surface area contributed by atoms with Crippen molar-refractivity contribution < 1.29 is 0 Å². The largest absolute Gasteiger partial charge is 0.309 e. The average molecular weight is 791 g/mol. The first kappa shape index (κ1) is 35.6. The number of hydrogen-bond acceptors (Lipinski definition) is 2. The van der Waals surface area contributed by atoms with Crippen LogP contribution in [0.15, 0.2) is 231 Å². The van der Waals surface area contributed by atoms with Crippen molar-refractivity contribution in [1.29, 1.82) is 0 Å². The number of hydrogen-bond donors (Lipinski definition) is 0. The SMILES string of the molecule is c1ccc(-c2cc(-c3ccccc3)nc(-c3ccc(-c4ccc5c(c4)c4ccccc4n5-c4ccc(-c5cccc6c7ccccc7n(-c7ccccc7)c56)cc4)cc3)n2)cc1. The third-order valence-corrected chi connectivity index (χ3v) is 12.2. The van der Waals surface area contributed by atoms with E-state index in [0.29, 0.717) is 5.82 Å². The highest BCUT2D eigenvalue weighted by Crippen LogP contribution is 2.40. The molecule has 0 aliphatic carbocycles. The van der Waals surface area contributed by atoms with Crippen molar-refractivity contribution in [1.82, 2.24) is 19.1 Å². The second kappa shape index (κ2) is 14.7. The van der Waals surface area contributed by atoms with Crippen LogP contribution in [0.2, 0.25) is 0 Å². The summed E-state index contributed by atoms with van der Waals surface area (Å²) in [6.07, 6.45) is 0. The van der Waals surface area contributed by atoms with E-state index in [1.54, 1.807) is 0 Å². The zero-order chi connectivity index (χ0) is 41.0. The maximum Gasteiger partial charge on any atom is 0.160 e. The van der Waals surface area contributed by atoms with Gasteiger partial charge in [-0.1, -0.05) is 176 Å². The first-order valence-corrected chi connectivity index (χ1v) is 21.1. The van der Waals surface area contributed by atoms with Gasteiger partial charge >= 0.3 is 0 Å². The molecule has 0 aliphatic heterocycles. The summed E-state index contributed by atoms with van der Waals surface area (Å²) >= 11 is 0. The second-order valence-electron chi connectivity index (χ2n) is 15.8. The highest BCUT2D eigenvalue weighted by molar-refractivity contribution is 6.14. The lowest BCUT2D eigenvalue weighted by atomic mass is 10.0. The van der Waals surface area contributed by atoms with Gasteiger partial charge in [-0.05, 0) is 71.3 Å². The van der Waals surface area contributed by atoms with Crippen molar-refractivity contribution >= 4 is 43.6 Å². The van der Waals surface area contributed by atoms with Gasteiger partial charge in [0.05, 0.1) is 33.5 Å². The van der Waals surface area contributed by atoms with E-state index in [1.807, 2.05) is 36.4 Å². The highest BCUT2D eigenvalue weighted by atomic mass is 15.0. The molecule has 0 saturated heterocycles. The number of para-hydroxylation sites is 4. The van der Waals surface area contributed by atoms with Crippen LogP contribution < -0.4 is 0 Å². The smallest absolute Gasteiger partial charge is 0.160 e. The zero-order valence-corrected chi connectivity index (χ0v) is 33.7. The first-order chi connectivity index (χ1) is 30.7. The van der Waals surface area contributed by atoms with Crippen LogP contribution >= 0.6 is 0 Å². The molecule has 62 heavy (non-hydrogen) atoms. The van der Waals surface area contributed by atoms with Crippen LogP contribution in [0.5, 0.6) is 0 Å². The molecule has 0 radical (unpaired) electrons. The van der Waals surface area contributed by atoms with E-state index >= 15 is 0 Å². The Kier molecular flexibility index (Phi) is 8.46. The van der Waals surface area contributed by atoms with Crippen molar-refractivity contribution in [2.45, 2.75) is 0 Å². The minimum atomic E-state index is 0.705. The van der Waals surface area contributed by atoms with E-state index in [9.17, 15) is 0 Å². The molecule has 9 aromatic carbocycles. The zero-order valence-electron chi connectivity index (χ0n) is 33.7. The van der Waals surface area contributed by atoms with Crippen molar-refractivity contribution in [3.8, 4) is 67.5 Å². The molecule has 0 aliphatic rings. The van der Waals surface area contributed by atoms with Crippen LogP contribution in [-0.2, 0) is 0 Å². The van der Waals surface area contributed by atoms with E-state index in [2.05, 4.69) is 203 Å². The molecule has 0 atom stereocenters. The second-order valence-corrected chi connectivity index (χ2v) is 15.8. The van der Waals surface area contributed by atoms with E-state index in [1.165, 1.54) is 54.7 Å².